The lowest BCUT2D eigenvalue weighted by Gasteiger charge is -2.47. The van der Waals surface area contributed by atoms with Gasteiger partial charge in [-0.3, -0.25) is 19.2 Å². The fraction of sp³-hybridized carbons (Fsp3) is 0.722. The molecule has 1 amide bonds. The molecule has 0 saturated carbocycles. The SMILES string of the molecule is CC(=O)OC[C@H](OC(C)=O)[C@H](OC(C)=O)[C@]12COC(=O)[C@H](N1C(C)=O)C(C)(C)S2. The first-order valence-electron chi connectivity index (χ1n) is 8.96. The summed E-state index contributed by atoms with van der Waals surface area (Å²) in [6, 6.07) is -0.927. The topological polar surface area (TPSA) is 126 Å². The lowest BCUT2D eigenvalue weighted by Crippen LogP contribution is -2.68. The zero-order valence-corrected chi connectivity index (χ0v) is 18.0. The van der Waals surface area contributed by atoms with Crippen LogP contribution in [-0.2, 0) is 42.9 Å². The fourth-order valence-electron chi connectivity index (χ4n) is 3.79. The maximum atomic E-state index is 12.6. The van der Waals surface area contributed by atoms with Crippen LogP contribution in [0.5, 0.6) is 0 Å². The second kappa shape index (κ2) is 8.21. The van der Waals surface area contributed by atoms with Gasteiger partial charge in [0, 0.05) is 32.4 Å². The van der Waals surface area contributed by atoms with Crippen LogP contribution in [0, 0.1) is 0 Å². The molecule has 2 aliphatic rings. The van der Waals surface area contributed by atoms with Crippen LogP contribution in [-0.4, -0.2) is 75.8 Å². The molecule has 2 bridgehead atoms. The summed E-state index contributed by atoms with van der Waals surface area (Å²) in [7, 11) is 0. The maximum absolute atomic E-state index is 12.6. The highest BCUT2D eigenvalue weighted by Gasteiger charge is 2.69. The van der Waals surface area contributed by atoms with Crippen molar-refractivity contribution < 1.29 is 42.9 Å². The summed E-state index contributed by atoms with van der Waals surface area (Å²) in [4.78, 5) is 59.9. The number of carbonyl (C=O) groups is 5. The zero-order chi connectivity index (χ0) is 22.1. The maximum Gasteiger partial charge on any atom is 0.330 e. The molecule has 2 rings (SSSR count). The summed E-state index contributed by atoms with van der Waals surface area (Å²) < 4.78 is 20.4. The first kappa shape index (κ1) is 23.0. The van der Waals surface area contributed by atoms with E-state index >= 15 is 0 Å². The zero-order valence-electron chi connectivity index (χ0n) is 17.2. The van der Waals surface area contributed by atoms with Crippen molar-refractivity contribution in [2.75, 3.05) is 13.2 Å². The number of cyclic esters (lactones) is 1. The molecule has 29 heavy (non-hydrogen) atoms. The Morgan fingerprint density at radius 2 is 1.69 bits per heavy atom. The van der Waals surface area contributed by atoms with E-state index in [0.717, 1.165) is 13.8 Å². The normalized spacial score (nSPS) is 26.8. The Morgan fingerprint density at radius 1 is 1.10 bits per heavy atom. The van der Waals surface area contributed by atoms with Crippen molar-refractivity contribution in [1.29, 1.82) is 0 Å². The first-order valence-corrected chi connectivity index (χ1v) is 9.78. The van der Waals surface area contributed by atoms with Crippen molar-refractivity contribution in [3.8, 4) is 0 Å². The van der Waals surface area contributed by atoms with Crippen LogP contribution in [0.15, 0.2) is 0 Å². The van der Waals surface area contributed by atoms with Gasteiger partial charge in [-0.05, 0) is 13.8 Å². The van der Waals surface area contributed by atoms with E-state index in [1.807, 2.05) is 0 Å². The van der Waals surface area contributed by atoms with Crippen LogP contribution in [0.1, 0.15) is 41.5 Å². The molecule has 162 valence electrons. The van der Waals surface area contributed by atoms with Gasteiger partial charge < -0.3 is 23.8 Å². The van der Waals surface area contributed by atoms with Crippen LogP contribution in [0.3, 0.4) is 0 Å². The Balaban J connectivity index is 2.59. The van der Waals surface area contributed by atoms with E-state index in [4.69, 9.17) is 18.9 Å². The first-order chi connectivity index (χ1) is 13.3. The Morgan fingerprint density at radius 3 is 2.17 bits per heavy atom. The standard InChI is InChI=1S/C18H25NO9S/c1-9(20)19-14-16(24)26-8-18(19,29-17(14,5)6)15(28-12(4)23)13(27-11(3)22)7-25-10(2)21/h13-15H,7-8H2,1-6H3/t13-,14-,15-,18+/m0/s1. The van der Waals surface area contributed by atoms with Gasteiger partial charge in [-0.2, -0.15) is 0 Å². The van der Waals surface area contributed by atoms with Crippen molar-refractivity contribution in [2.24, 2.45) is 0 Å². The van der Waals surface area contributed by atoms with E-state index in [0.29, 0.717) is 0 Å². The molecule has 10 nitrogen and oxygen atoms in total. The third-order valence-electron chi connectivity index (χ3n) is 4.59. The predicted molar refractivity (Wildman–Crippen MR) is 99.4 cm³/mol. The minimum atomic E-state index is -1.36. The molecule has 0 unspecified atom stereocenters. The summed E-state index contributed by atoms with van der Waals surface area (Å²) >= 11 is 1.22. The second-order valence-electron chi connectivity index (χ2n) is 7.43. The quantitative estimate of drug-likeness (QED) is 0.431. The number of morpholine rings is 1. The van der Waals surface area contributed by atoms with Gasteiger partial charge in [-0.15, -0.1) is 11.8 Å². The molecule has 0 aromatic carbocycles. The molecular formula is C18H25NO9S. The van der Waals surface area contributed by atoms with Gasteiger partial charge in [-0.25, -0.2) is 4.79 Å². The van der Waals surface area contributed by atoms with Crippen molar-refractivity contribution >= 4 is 41.5 Å². The van der Waals surface area contributed by atoms with Gasteiger partial charge >= 0.3 is 23.9 Å². The molecule has 4 atom stereocenters. The molecule has 0 spiro atoms. The fourth-order valence-corrected chi connectivity index (χ4v) is 5.78. The van der Waals surface area contributed by atoms with Crippen LogP contribution < -0.4 is 0 Å². The smallest absolute Gasteiger partial charge is 0.330 e. The number of amides is 1. The van der Waals surface area contributed by atoms with E-state index < -0.39 is 64.3 Å². The highest BCUT2D eigenvalue weighted by atomic mass is 32.2. The molecule has 2 saturated heterocycles. The summed E-state index contributed by atoms with van der Waals surface area (Å²) in [6.45, 7) is 7.63. The Labute approximate surface area is 172 Å². The van der Waals surface area contributed by atoms with Gasteiger partial charge in [0.15, 0.2) is 17.1 Å². The molecule has 0 N–H and O–H groups in total. The third-order valence-corrected chi connectivity index (χ3v) is 6.24. The van der Waals surface area contributed by atoms with Crippen LogP contribution in [0.25, 0.3) is 0 Å². The lowest BCUT2D eigenvalue weighted by atomic mass is 9.94. The van der Waals surface area contributed by atoms with E-state index in [2.05, 4.69) is 0 Å². The average molecular weight is 431 g/mol. The number of hydrogen-bond acceptors (Lipinski definition) is 10. The molecule has 2 heterocycles. The summed E-state index contributed by atoms with van der Waals surface area (Å²) in [6.07, 6.45) is -2.48. The number of fused-ring (bicyclic) bond motifs is 2. The highest BCUT2D eigenvalue weighted by molar-refractivity contribution is 8.02. The van der Waals surface area contributed by atoms with E-state index in [1.54, 1.807) is 13.8 Å². The second-order valence-corrected chi connectivity index (χ2v) is 9.39. The molecule has 2 aliphatic heterocycles. The molecule has 11 heteroatoms. The number of ether oxygens (including phenoxy) is 4. The minimum Gasteiger partial charge on any atom is -0.462 e. The lowest BCUT2D eigenvalue weighted by molar-refractivity contribution is -0.197. The third kappa shape index (κ3) is 4.49. The number of nitrogens with zero attached hydrogens (tertiary/aromatic N) is 1. The van der Waals surface area contributed by atoms with Crippen LogP contribution >= 0.6 is 11.8 Å². The van der Waals surface area contributed by atoms with Crippen LogP contribution in [0.2, 0.25) is 0 Å². The van der Waals surface area contributed by atoms with E-state index in [-0.39, 0.29) is 6.61 Å². The Kier molecular flexibility index (Phi) is 6.51. The van der Waals surface area contributed by atoms with Crippen molar-refractivity contribution in [3.63, 3.8) is 0 Å². The van der Waals surface area contributed by atoms with Crippen molar-refractivity contribution in [2.45, 2.75) is 69.4 Å². The van der Waals surface area contributed by atoms with Gasteiger partial charge in [0.25, 0.3) is 0 Å². The molecule has 0 aromatic rings. The average Bonchev–Trinajstić information content (AvgIpc) is 2.76. The summed E-state index contributed by atoms with van der Waals surface area (Å²) in [5, 5.41) is 0. The molecular weight excluding hydrogens is 406 g/mol. The van der Waals surface area contributed by atoms with Crippen molar-refractivity contribution in [1.82, 2.24) is 4.90 Å². The summed E-state index contributed by atoms with van der Waals surface area (Å²) in [5.74, 6) is -3.03. The van der Waals surface area contributed by atoms with Gasteiger partial charge in [0.05, 0.1) is 0 Å². The number of rotatable bonds is 6. The number of carbonyl (C=O) groups excluding carboxylic acids is 5. The predicted octanol–water partition coefficient (Wildman–Crippen LogP) is 0.409. The highest BCUT2D eigenvalue weighted by Crippen LogP contribution is 2.56. The minimum absolute atomic E-state index is 0.286. The van der Waals surface area contributed by atoms with Gasteiger partial charge in [0.2, 0.25) is 5.91 Å². The number of esters is 4. The van der Waals surface area contributed by atoms with Gasteiger partial charge in [0.1, 0.15) is 19.3 Å². The Hall–Kier alpha value is -2.30. The Bertz CT molecular complexity index is 737. The molecule has 0 radical (unpaired) electrons. The molecule has 0 aliphatic carbocycles. The van der Waals surface area contributed by atoms with Gasteiger partial charge in [-0.1, -0.05) is 0 Å². The number of hydrogen-bond donors (Lipinski definition) is 0. The molecule has 2 fully saturated rings. The van der Waals surface area contributed by atoms with E-state index in [1.165, 1.54) is 30.5 Å². The largest absolute Gasteiger partial charge is 0.462 e. The monoisotopic (exact) mass is 431 g/mol. The van der Waals surface area contributed by atoms with Crippen molar-refractivity contribution in [3.05, 3.63) is 0 Å². The number of thioether (sulfide) groups is 1. The molecule has 0 aromatic heterocycles. The summed E-state index contributed by atoms with van der Waals surface area (Å²) in [5.41, 5.74) is 0. The van der Waals surface area contributed by atoms with E-state index in [9.17, 15) is 24.0 Å². The van der Waals surface area contributed by atoms with Crippen LogP contribution in [0.4, 0.5) is 0 Å².